The zero-order valence-electron chi connectivity index (χ0n) is 12.7. The van der Waals surface area contributed by atoms with Gasteiger partial charge in [-0.25, -0.2) is 9.37 Å². The summed E-state index contributed by atoms with van der Waals surface area (Å²) in [5.41, 5.74) is 2.92. The van der Waals surface area contributed by atoms with E-state index in [4.69, 9.17) is 9.52 Å². The number of aryl methyl sites for hydroxylation is 1. The molecule has 4 nitrogen and oxygen atoms in total. The van der Waals surface area contributed by atoms with E-state index >= 15 is 0 Å². The Balaban J connectivity index is 2.16. The molecule has 0 spiro atoms. The van der Waals surface area contributed by atoms with Gasteiger partial charge in [0.2, 0.25) is 5.89 Å². The molecule has 0 aliphatic rings. The van der Waals surface area contributed by atoms with Crippen LogP contribution in [0.3, 0.4) is 0 Å². The fraction of sp³-hybridized carbons (Fsp3) is 0.111. The number of rotatable bonds is 4. The zero-order chi connectivity index (χ0) is 17.3. The van der Waals surface area contributed by atoms with E-state index in [1.807, 2.05) is 31.2 Å². The average molecular weight is 343 g/mol. The summed E-state index contributed by atoms with van der Waals surface area (Å²) in [6, 6.07) is 13.3. The Kier molecular flexibility index (Phi) is 4.40. The van der Waals surface area contributed by atoms with Gasteiger partial charge in [0.05, 0.1) is 0 Å². The van der Waals surface area contributed by atoms with Gasteiger partial charge in [-0.2, -0.15) is 12.6 Å². The molecule has 24 heavy (non-hydrogen) atoms. The Morgan fingerprint density at radius 2 is 1.71 bits per heavy atom. The topological polar surface area (TPSA) is 63.3 Å². The summed E-state index contributed by atoms with van der Waals surface area (Å²) in [7, 11) is 0. The van der Waals surface area contributed by atoms with E-state index in [1.54, 1.807) is 12.1 Å². The summed E-state index contributed by atoms with van der Waals surface area (Å²) in [4.78, 5) is 15.4. The smallest absolute Gasteiger partial charge is 0.325 e. The predicted molar refractivity (Wildman–Crippen MR) is 91.4 cm³/mol. The molecule has 1 aromatic heterocycles. The number of benzene rings is 2. The van der Waals surface area contributed by atoms with Crippen molar-refractivity contribution in [3.63, 3.8) is 0 Å². The van der Waals surface area contributed by atoms with Crippen LogP contribution in [0.15, 0.2) is 52.9 Å². The van der Waals surface area contributed by atoms with Crippen LogP contribution in [0.2, 0.25) is 0 Å². The van der Waals surface area contributed by atoms with Crippen molar-refractivity contribution in [2.24, 2.45) is 0 Å². The lowest BCUT2D eigenvalue weighted by Gasteiger charge is -2.02. The highest BCUT2D eigenvalue weighted by Gasteiger charge is 2.25. The Hall–Kier alpha value is -2.60. The van der Waals surface area contributed by atoms with Crippen LogP contribution >= 0.6 is 12.6 Å². The molecule has 0 fully saturated rings. The number of carboxylic acids is 1. The van der Waals surface area contributed by atoms with E-state index in [1.165, 1.54) is 12.1 Å². The summed E-state index contributed by atoms with van der Waals surface area (Å²) in [6.07, 6.45) is 0. The molecule has 1 unspecified atom stereocenters. The van der Waals surface area contributed by atoms with Crippen LogP contribution in [0, 0.1) is 12.7 Å². The van der Waals surface area contributed by atoms with Gasteiger partial charge in [-0.3, -0.25) is 4.79 Å². The first kappa shape index (κ1) is 16.3. The van der Waals surface area contributed by atoms with Crippen LogP contribution in [0.4, 0.5) is 4.39 Å². The standard InChI is InChI=1S/C18H14FNO3S/c1-10-2-4-12(5-3-10)15-14(11-6-8-13(19)9-7-11)20-17(23-15)16(24)18(21)22/h2-9,16,24H,1H3,(H,21,22). The zero-order valence-corrected chi connectivity index (χ0v) is 13.6. The number of carbonyl (C=O) groups is 1. The van der Waals surface area contributed by atoms with E-state index in [9.17, 15) is 9.18 Å². The molecule has 2 aromatic carbocycles. The number of carboxylic acid groups (broad SMARTS) is 1. The highest BCUT2D eigenvalue weighted by Crippen LogP contribution is 2.35. The maximum Gasteiger partial charge on any atom is 0.325 e. The summed E-state index contributed by atoms with van der Waals surface area (Å²) in [5, 5.41) is 7.95. The van der Waals surface area contributed by atoms with Crippen LogP contribution in [-0.4, -0.2) is 16.1 Å². The third kappa shape index (κ3) is 3.19. The number of halogens is 1. The summed E-state index contributed by atoms with van der Waals surface area (Å²) in [5.74, 6) is -1.10. The Labute approximate surface area is 143 Å². The third-order valence-corrected chi connectivity index (χ3v) is 3.98. The Morgan fingerprint density at radius 3 is 2.29 bits per heavy atom. The Bertz CT molecular complexity index is 809. The number of thiol groups is 1. The first-order valence-electron chi connectivity index (χ1n) is 7.20. The average Bonchev–Trinajstić information content (AvgIpc) is 3.00. The molecular weight excluding hydrogens is 329 g/mol. The lowest BCUT2D eigenvalue weighted by molar-refractivity contribution is -0.136. The monoisotopic (exact) mass is 343 g/mol. The second-order valence-electron chi connectivity index (χ2n) is 5.34. The molecule has 0 aliphatic carbocycles. The van der Waals surface area contributed by atoms with Crippen LogP contribution in [-0.2, 0) is 4.79 Å². The highest BCUT2D eigenvalue weighted by atomic mass is 32.1. The SMILES string of the molecule is Cc1ccc(-c2oc(C(S)C(=O)O)nc2-c2ccc(F)cc2)cc1. The van der Waals surface area contributed by atoms with Crippen molar-refractivity contribution >= 4 is 18.6 Å². The van der Waals surface area contributed by atoms with Crippen molar-refractivity contribution in [3.05, 3.63) is 65.8 Å². The van der Waals surface area contributed by atoms with Gasteiger partial charge in [0, 0.05) is 11.1 Å². The molecule has 0 saturated heterocycles. The first-order valence-corrected chi connectivity index (χ1v) is 7.72. The highest BCUT2D eigenvalue weighted by molar-refractivity contribution is 7.81. The second kappa shape index (κ2) is 6.49. The Morgan fingerprint density at radius 1 is 1.12 bits per heavy atom. The molecule has 0 aliphatic heterocycles. The minimum absolute atomic E-state index is 0.0132. The molecule has 6 heteroatoms. The van der Waals surface area contributed by atoms with Gasteiger partial charge in [-0.05, 0) is 31.2 Å². The second-order valence-corrected chi connectivity index (χ2v) is 5.86. The normalized spacial score (nSPS) is 12.1. The molecule has 1 atom stereocenters. The molecular formula is C18H14FNO3S. The number of hydrogen-bond acceptors (Lipinski definition) is 4. The fourth-order valence-electron chi connectivity index (χ4n) is 2.26. The van der Waals surface area contributed by atoms with Crippen molar-refractivity contribution in [2.45, 2.75) is 12.2 Å². The van der Waals surface area contributed by atoms with Crippen LogP contribution in [0.1, 0.15) is 16.7 Å². The van der Waals surface area contributed by atoms with Gasteiger partial charge >= 0.3 is 5.97 Å². The van der Waals surface area contributed by atoms with Crippen LogP contribution < -0.4 is 0 Å². The van der Waals surface area contributed by atoms with E-state index in [0.29, 0.717) is 17.0 Å². The van der Waals surface area contributed by atoms with Crippen molar-refractivity contribution in [1.82, 2.24) is 4.98 Å². The third-order valence-electron chi connectivity index (χ3n) is 3.54. The molecule has 0 saturated carbocycles. The van der Waals surface area contributed by atoms with Gasteiger partial charge in [0.15, 0.2) is 11.0 Å². The lowest BCUT2D eigenvalue weighted by atomic mass is 10.0. The molecule has 3 aromatic rings. The van der Waals surface area contributed by atoms with E-state index in [0.717, 1.165) is 11.1 Å². The minimum atomic E-state index is -1.18. The summed E-state index contributed by atoms with van der Waals surface area (Å²) >= 11 is 4.02. The van der Waals surface area contributed by atoms with Crippen molar-refractivity contribution in [1.29, 1.82) is 0 Å². The molecule has 0 bridgehead atoms. The maximum absolute atomic E-state index is 13.2. The van der Waals surface area contributed by atoms with E-state index < -0.39 is 11.2 Å². The lowest BCUT2D eigenvalue weighted by Crippen LogP contribution is -2.05. The summed E-state index contributed by atoms with van der Waals surface area (Å²) in [6.45, 7) is 1.96. The van der Waals surface area contributed by atoms with Gasteiger partial charge < -0.3 is 9.52 Å². The van der Waals surface area contributed by atoms with Gasteiger partial charge in [0.25, 0.3) is 0 Å². The summed E-state index contributed by atoms with van der Waals surface area (Å²) < 4.78 is 18.9. The van der Waals surface area contributed by atoms with Gasteiger partial charge in [-0.1, -0.05) is 29.8 Å². The first-order chi connectivity index (χ1) is 11.5. The fourth-order valence-corrected chi connectivity index (χ4v) is 2.37. The van der Waals surface area contributed by atoms with Crippen molar-refractivity contribution < 1.29 is 18.7 Å². The molecule has 1 heterocycles. The van der Waals surface area contributed by atoms with E-state index in [-0.39, 0.29) is 11.7 Å². The largest absolute Gasteiger partial charge is 0.480 e. The number of oxazole rings is 1. The van der Waals surface area contributed by atoms with Crippen LogP contribution in [0.25, 0.3) is 22.6 Å². The van der Waals surface area contributed by atoms with Gasteiger partial charge in [0.1, 0.15) is 11.5 Å². The van der Waals surface area contributed by atoms with Crippen molar-refractivity contribution in [3.8, 4) is 22.6 Å². The molecule has 1 N–H and O–H groups in total. The molecule has 3 rings (SSSR count). The number of hydrogen-bond donors (Lipinski definition) is 2. The molecule has 122 valence electrons. The number of aliphatic carboxylic acids is 1. The van der Waals surface area contributed by atoms with E-state index in [2.05, 4.69) is 17.6 Å². The maximum atomic E-state index is 13.2. The van der Waals surface area contributed by atoms with Gasteiger partial charge in [-0.15, -0.1) is 0 Å². The van der Waals surface area contributed by atoms with Crippen molar-refractivity contribution in [2.75, 3.05) is 0 Å². The minimum Gasteiger partial charge on any atom is -0.480 e. The molecule has 0 amide bonds. The van der Waals surface area contributed by atoms with Crippen LogP contribution in [0.5, 0.6) is 0 Å². The molecule has 0 radical (unpaired) electrons. The number of nitrogens with zero attached hydrogens (tertiary/aromatic N) is 1. The number of aromatic nitrogens is 1. The predicted octanol–water partition coefficient (Wildman–Crippen LogP) is 4.51. The quantitative estimate of drug-likeness (QED) is 0.684.